The molecular weight excluding hydrogens is 391 g/mol. The number of rotatable bonds is 10. The van der Waals surface area contributed by atoms with E-state index >= 15 is 0 Å². The fourth-order valence-electron chi connectivity index (χ4n) is 4.16. The topological polar surface area (TPSA) is 50.4 Å². The third-order valence-corrected chi connectivity index (χ3v) is 6.04. The first kappa shape index (κ1) is 21.9. The summed E-state index contributed by atoms with van der Waals surface area (Å²) < 4.78 is 14.2. The van der Waals surface area contributed by atoms with E-state index < -0.39 is 0 Å². The predicted molar refractivity (Wildman–Crippen MR) is 123 cm³/mol. The maximum Gasteiger partial charge on any atom is 0.217 e. The summed E-state index contributed by atoms with van der Waals surface area (Å²) in [6.07, 6.45) is 5.73. The summed E-state index contributed by atoms with van der Waals surface area (Å²) in [6, 6.07) is 12.0. The zero-order chi connectivity index (χ0) is 21.5. The smallest absolute Gasteiger partial charge is 0.217 e. The van der Waals surface area contributed by atoms with Crippen LogP contribution in [0.3, 0.4) is 0 Å². The number of pyridine rings is 1. The molecule has 1 aliphatic heterocycles. The van der Waals surface area contributed by atoms with Crippen molar-refractivity contribution >= 4 is 10.9 Å². The van der Waals surface area contributed by atoms with E-state index in [-0.39, 0.29) is 5.95 Å². The van der Waals surface area contributed by atoms with Gasteiger partial charge in [-0.25, -0.2) is 9.99 Å². The van der Waals surface area contributed by atoms with Gasteiger partial charge in [-0.15, -0.1) is 0 Å². The van der Waals surface area contributed by atoms with Gasteiger partial charge in [-0.1, -0.05) is 24.3 Å². The zero-order valence-corrected chi connectivity index (χ0v) is 18.4. The fraction of sp³-hybridized carbons (Fsp3) is 0.458. The molecule has 7 heteroatoms. The molecule has 0 unspecified atom stereocenters. The van der Waals surface area contributed by atoms with Gasteiger partial charge >= 0.3 is 0 Å². The van der Waals surface area contributed by atoms with Gasteiger partial charge in [-0.3, -0.25) is 10.3 Å². The van der Waals surface area contributed by atoms with Crippen LogP contribution in [0.5, 0.6) is 0 Å². The van der Waals surface area contributed by atoms with Gasteiger partial charge in [0.25, 0.3) is 0 Å². The highest BCUT2D eigenvalue weighted by atomic mass is 19.1. The lowest BCUT2D eigenvalue weighted by atomic mass is 10.1. The van der Waals surface area contributed by atoms with Gasteiger partial charge in [-0.2, -0.15) is 4.39 Å². The third kappa shape index (κ3) is 6.11. The normalized spacial score (nSPS) is 15.8. The molecule has 1 aliphatic rings. The van der Waals surface area contributed by atoms with Crippen molar-refractivity contribution in [2.45, 2.75) is 25.9 Å². The summed E-state index contributed by atoms with van der Waals surface area (Å²) in [5.74, 6) is -0.372. The highest BCUT2D eigenvalue weighted by Crippen LogP contribution is 2.21. The first-order chi connectivity index (χ1) is 15.2. The summed E-state index contributed by atoms with van der Waals surface area (Å²) in [5, 5.41) is 3.56. The number of piperazine rings is 1. The van der Waals surface area contributed by atoms with E-state index in [1.807, 2.05) is 18.2 Å². The quantitative estimate of drug-likeness (QED) is 0.387. The van der Waals surface area contributed by atoms with E-state index in [2.05, 4.69) is 61.6 Å². The van der Waals surface area contributed by atoms with Crippen LogP contribution in [0.25, 0.3) is 10.9 Å². The summed E-state index contributed by atoms with van der Waals surface area (Å²) in [4.78, 5) is 11.9. The number of hydrogen-bond acceptors (Lipinski definition) is 5. The Labute approximate surface area is 184 Å². The Morgan fingerprint density at radius 1 is 1.03 bits per heavy atom. The molecule has 1 aromatic carbocycles. The number of H-pyrrole nitrogens is 1. The Morgan fingerprint density at radius 3 is 2.68 bits per heavy atom. The van der Waals surface area contributed by atoms with Crippen molar-refractivity contribution in [2.24, 2.45) is 0 Å². The molecule has 2 N–H and O–H groups in total. The first-order valence-corrected chi connectivity index (χ1v) is 11.2. The van der Waals surface area contributed by atoms with E-state index in [9.17, 15) is 4.39 Å². The molecule has 1 saturated heterocycles. The van der Waals surface area contributed by atoms with Crippen LogP contribution in [0, 0.1) is 5.95 Å². The molecular formula is C24H33FN6. The van der Waals surface area contributed by atoms with Gasteiger partial charge in [-0.05, 0) is 44.1 Å². The summed E-state index contributed by atoms with van der Waals surface area (Å²) in [6.45, 7) is 7.61. The number of aromatic nitrogens is 2. The predicted octanol–water partition coefficient (Wildman–Crippen LogP) is 3.24. The molecule has 4 rings (SSSR count). The molecule has 166 valence electrons. The minimum absolute atomic E-state index is 0.372. The molecule has 31 heavy (non-hydrogen) atoms. The van der Waals surface area contributed by atoms with Crippen molar-refractivity contribution in [2.75, 3.05) is 46.3 Å². The van der Waals surface area contributed by atoms with Crippen LogP contribution in [0.4, 0.5) is 4.39 Å². The van der Waals surface area contributed by atoms with Crippen LogP contribution in [0.15, 0.2) is 48.8 Å². The number of unbranched alkanes of at least 4 members (excludes halogenated alkanes) is 1. The fourth-order valence-corrected chi connectivity index (χ4v) is 4.16. The Bertz CT molecular complexity index is 950. The maximum absolute atomic E-state index is 14.2. The molecule has 1 fully saturated rings. The number of halogens is 1. The van der Waals surface area contributed by atoms with E-state index in [0.717, 1.165) is 64.2 Å². The summed E-state index contributed by atoms with van der Waals surface area (Å²) >= 11 is 0. The molecule has 0 spiro atoms. The first-order valence-electron chi connectivity index (χ1n) is 11.2. The van der Waals surface area contributed by atoms with Crippen molar-refractivity contribution in [1.29, 1.82) is 0 Å². The number of hydrazine groups is 1. The lowest BCUT2D eigenvalue weighted by molar-refractivity contribution is 0.103. The minimum Gasteiger partial charge on any atom is -0.361 e. The number of likely N-dealkylation sites (N-methyl/N-ethyl adjacent to an activating group) is 1. The SMILES string of the molecule is CN1CCN(NCCCCN(Cc2cccnc2F)Cc2c[nH]c3ccccc23)CC1. The average molecular weight is 425 g/mol. The van der Waals surface area contributed by atoms with Crippen LogP contribution in [-0.4, -0.2) is 71.1 Å². The second-order valence-corrected chi connectivity index (χ2v) is 8.43. The second-order valence-electron chi connectivity index (χ2n) is 8.43. The van der Waals surface area contributed by atoms with Gasteiger partial charge in [0.15, 0.2) is 0 Å². The number of nitrogens with zero attached hydrogens (tertiary/aromatic N) is 4. The van der Waals surface area contributed by atoms with Gasteiger partial charge in [0.05, 0.1) is 0 Å². The monoisotopic (exact) mass is 424 g/mol. The van der Waals surface area contributed by atoms with Gasteiger partial charge < -0.3 is 9.88 Å². The molecule has 0 amide bonds. The largest absolute Gasteiger partial charge is 0.361 e. The average Bonchev–Trinajstić information content (AvgIpc) is 3.19. The molecule has 0 bridgehead atoms. The summed E-state index contributed by atoms with van der Waals surface area (Å²) in [7, 11) is 2.17. The van der Waals surface area contributed by atoms with E-state index in [1.165, 1.54) is 17.1 Å². The lowest BCUT2D eigenvalue weighted by Gasteiger charge is -2.32. The van der Waals surface area contributed by atoms with Crippen LogP contribution in [-0.2, 0) is 13.1 Å². The van der Waals surface area contributed by atoms with Crippen molar-refractivity contribution in [1.82, 2.24) is 30.2 Å². The number of aromatic amines is 1. The number of para-hydroxylation sites is 1. The van der Waals surface area contributed by atoms with Crippen molar-refractivity contribution < 1.29 is 4.39 Å². The number of fused-ring (bicyclic) bond motifs is 1. The van der Waals surface area contributed by atoms with Crippen LogP contribution >= 0.6 is 0 Å². The van der Waals surface area contributed by atoms with Crippen LogP contribution in [0.2, 0.25) is 0 Å². The maximum atomic E-state index is 14.2. The van der Waals surface area contributed by atoms with Crippen LogP contribution < -0.4 is 5.43 Å². The molecule has 3 heterocycles. The Morgan fingerprint density at radius 2 is 1.84 bits per heavy atom. The lowest BCUT2D eigenvalue weighted by Crippen LogP contribution is -2.50. The highest BCUT2D eigenvalue weighted by Gasteiger charge is 2.14. The number of hydrogen-bond donors (Lipinski definition) is 2. The van der Waals surface area contributed by atoms with Gasteiger partial charge in [0, 0.05) is 74.7 Å². The molecule has 2 aromatic heterocycles. The van der Waals surface area contributed by atoms with Gasteiger partial charge in [0.2, 0.25) is 5.95 Å². The molecule has 0 aliphatic carbocycles. The Kier molecular flexibility index (Phi) is 7.64. The Balaban J connectivity index is 1.33. The van der Waals surface area contributed by atoms with Gasteiger partial charge in [0.1, 0.15) is 0 Å². The van der Waals surface area contributed by atoms with Crippen molar-refractivity contribution in [3.63, 3.8) is 0 Å². The second kappa shape index (κ2) is 10.8. The standard InChI is InChI=1S/C24H33FN6/c1-29-13-15-31(16-14-29)28-11-4-5-12-30(18-20-7-6-10-26-24(20)25)19-21-17-27-23-9-3-2-8-22(21)23/h2-3,6-10,17,27-28H,4-5,11-16,18-19H2,1H3. The zero-order valence-electron chi connectivity index (χ0n) is 18.4. The molecule has 3 aromatic rings. The molecule has 6 nitrogen and oxygen atoms in total. The molecule has 0 saturated carbocycles. The van der Waals surface area contributed by atoms with Crippen molar-refractivity contribution in [3.8, 4) is 0 Å². The third-order valence-electron chi connectivity index (χ3n) is 6.04. The molecule has 0 radical (unpaired) electrons. The number of nitrogens with one attached hydrogen (secondary N) is 2. The Hall–Kier alpha value is -2.32. The van der Waals surface area contributed by atoms with Crippen LogP contribution in [0.1, 0.15) is 24.0 Å². The van der Waals surface area contributed by atoms with E-state index in [0.29, 0.717) is 12.1 Å². The van der Waals surface area contributed by atoms with E-state index in [1.54, 1.807) is 0 Å². The van der Waals surface area contributed by atoms with E-state index in [4.69, 9.17) is 0 Å². The van der Waals surface area contributed by atoms with Crippen molar-refractivity contribution in [3.05, 3.63) is 65.9 Å². The minimum atomic E-state index is -0.372. The highest BCUT2D eigenvalue weighted by molar-refractivity contribution is 5.82. The summed E-state index contributed by atoms with van der Waals surface area (Å²) in [5.41, 5.74) is 6.59. The number of benzene rings is 1. The molecule has 0 atom stereocenters.